The molecular weight excluding hydrogens is 694 g/mol. The van der Waals surface area contributed by atoms with Crippen molar-refractivity contribution in [2.75, 3.05) is 0 Å². The largest absolute Gasteiger partial charge is 0.456 e. The molecular formula is C37H32N3O7PS2. The summed E-state index contributed by atoms with van der Waals surface area (Å²) in [7, 11) is 0. The van der Waals surface area contributed by atoms with Gasteiger partial charge in [-0.25, -0.2) is 9.78 Å². The van der Waals surface area contributed by atoms with Crippen LogP contribution in [0.1, 0.15) is 29.3 Å². The Morgan fingerprint density at radius 3 is 1.86 bits per heavy atom. The Morgan fingerprint density at radius 1 is 0.920 bits per heavy atom. The molecule has 3 unspecified atom stereocenters. The fourth-order valence-corrected chi connectivity index (χ4v) is 11.7. The topological polar surface area (TPSA) is 129 Å². The van der Waals surface area contributed by atoms with E-state index in [1.54, 1.807) is 5.38 Å². The van der Waals surface area contributed by atoms with E-state index in [-0.39, 0.29) is 17.7 Å². The number of β-lactam (4-membered cyclic amide) rings is 1. The second-order valence-electron chi connectivity index (χ2n) is 11.5. The molecule has 1 aromatic heterocycles. The molecule has 13 heteroatoms. The number of ether oxygens (including phenoxy) is 2. The number of thiol groups is 1. The van der Waals surface area contributed by atoms with Gasteiger partial charge in [0.25, 0.3) is 5.69 Å². The molecule has 1 saturated heterocycles. The number of carbonyl (C=O) groups is 3. The van der Waals surface area contributed by atoms with Crippen LogP contribution in [0.25, 0.3) is 0 Å². The van der Waals surface area contributed by atoms with Gasteiger partial charge in [0.05, 0.1) is 21.0 Å². The van der Waals surface area contributed by atoms with Gasteiger partial charge in [-0.15, -0.1) is 11.3 Å². The smallest absolute Gasteiger partial charge is 0.356 e. The van der Waals surface area contributed by atoms with E-state index in [0.717, 1.165) is 20.9 Å². The molecule has 0 spiro atoms. The summed E-state index contributed by atoms with van der Waals surface area (Å²) in [4.78, 5) is 58.4. The second-order valence-corrected chi connectivity index (χ2v) is 16.4. The Kier molecular flexibility index (Phi) is 10.3. The fourth-order valence-electron chi connectivity index (χ4n) is 6.11. The van der Waals surface area contributed by atoms with Crippen molar-refractivity contribution < 1.29 is 28.8 Å². The highest BCUT2D eigenvalue weighted by atomic mass is 32.1. The number of likely N-dealkylation sites (tertiary alicyclic amines) is 1. The second kappa shape index (κ2) is 14.8. The summed E-state index contributed by atoms with van der Waals surface area (Å²) in [5.41, 5.74) is 0.954. The molecule has 1 amide bonds. The van der Waals surface area contributed by atoms with Crippen molar-refractivity contribution in [2.45, 2.75) is 31.9 Å². The van der Waals surface area contributed by atoms with Crippen LogP contribution in [-0.4, -0.2) is 43.4 Å². The van der Waals surface area contributed by atoms with Gasteiger partial charge >= 0.3 is 11.9 Å². The van der Waals surface area contributed by atoms with Crippen molar-refractivity contribution in [3.05, 3.63) is 147 Å². The van der Waals surface area contributed by atoms with E-state index in [1.807, 2.05) is 97.9 Å². The van der Waals surface area contributed by atoms with Gasteiger partial charge in [-0.3, -0.25) is 24.6 Å². The molecule has 6 rings (SSSR count). The predicted octanol–water partition coefficient (Wildman–Crippen LogP) is 5.55. The Hall–Kier alpha value is -5.03. The molecule has 10 nitrogen and oxygen atoms in total. The lowest BCUT2D eigenvalue weighted by Crippen LogP contribution is -2.65. The first kappa shape index (κ1) is 34.8. The third-order valence-corrected chi connectivity index (χ3v) is 13.9. The summed E-state index contributed by atoms with van der Waals surface area (Å²) >= 11 is 6.30. The fraction of sp³-hybridized carbons (Fsp3) is 0.162. The first-order valence-electron chi connectivity index (χ1n) is 15.6. The summed E-state index contributed by atoms with van der Waals surface area (Å²) in [6.07, 6.45) is -1.03. The van der Waals surface area contributed by atoms with Gasteiger partial charge < -0.3 is 9.47 Å². The minimum Gasteiger partial charge on any atom is -0.456 e. The van der Waals surface area contributed by atoms with E-state index in [2.05, 4.69) is 4.98 Å². The summed E-state index contributed by atoms with van der Waals surface area (Å²) in [6, 6.07) is 34.3. The lowest BCUT2D eigenvalue weighted by Gasteiger charge is -2.49. The summed E-state index contributed by atoms with van der Waals surface area (Å²) < 4.78 is 11.7. The third kappa shape index (κ3) is 6.61. The number of aryl methyl sites for hydroxylation is 1. The number of non-ortho nitro benzene ring substituents is 1. The van der Waals surface area contributed by atoms with Crippen molar-refractivity contribution in [2.24, 2.45) is 5.92 Å². The maximum Gasteiger partial charge on any atom is 0.356 e. The van der Waals surface area contributed by atoms with Crippen molar-refractivity contribution in [1.29, 1.82) is 0 Å². The number of carbonyl (C=O) groups excluding carboxylic acids is 3. The summed E-state index contributed by atoms with van der Waals surface area (Å²) in [5, 5.41) is 15.2. The lowest BCUT2D eigenvalue weighted by molar-refractivity contribution is -0.384. The average Bonchev–Trinajstić information content (AvgIpc) is 3.57. The molecule has 0 radical (unpaired) electrons. The van der Waals surface area contributed by atoms with Crippen molar-refractivity contribution >= 4 is 75.7 Å². The van der Waals surface area contributed by atoms with Gasteiger partial charge in [0.2, 0.25) is 5.91 Å². The third-order valence-electron chi connectivity index (χ3n) is 8.33. The van der Waals surface area contributed by atoms with Crippen LogP contribution in [0.5, 0.6) is 0 Å². The van der Waals surface area contributed by atoms with E-state index >= 15 is 0 Å². The molecule has 5 aromatic rings. The number of rotatable bonds is 11. The number of benzene rings is 4. The number of amides is 1. The Labute approximate surface area is 298 Å². The lowest BCUT2D eigenvalue weighted by atomic mass is 9.90. The molecule has 254 valence electrons. The molecule has 1 fully saturated rings. The molecule has 0 bridgehead atoms. The van der Waals surface area contributed by atoms with Crippen LogP contribution in [0.2, 0.25) is 0 Å². The van der Waals surface area contributed by atoms with Gasteiger partial charge in [0, 0.05) is 31.3 Å². The molecule has 4 aromatic carbocycles. The summed E-state index contributed by atoms with van der Waals surface area (Å²) in [6.45, 7) is -0.350. The van der Waals surface area contributed by atoms with Gasteiger partial charge in [0.15, 0.2) is 6.10 Å². The van der Waals surface area contributed by atoms with Crippen LogP contribution in [0.4, 0.5) is 5.69 Å². The average molecular weight is 726 g/mol. The molecule has 0 N–H and O–H groups in total. The predicted molar refractivity (Wildman–Crippen MR) is 198 cm³/mol. The normalized spacial score (nSPS) is 16.2. The zero-order valence-corrected chi connectivity index (χ0v) is 29.6. The SMILES string of the molecule is CC(=O)OC(c1csc(C)n1)C1C(=O)N(C(C(=O)OCc2ccc([N+](=O)[O-])cc2)=P(c2ccccc2)(c2ccccc2)c2ccccc2)C1S. The quantitative estimate of drug-likeness (QED) is 0.0469. The van der Waals surface area contributed by atoms with Crippen molar-refractivity contribution in [3.8, 4) is 0 Å². The van der Waals surface area contributed by atoms with E-state index in [1.165, 1.54) is 47.4 Å². The van der Waals surface area contributed by atoms with E-state index < -0.39 is 47.1 Å². The van der Waals surface area contributed by atoms with Crippen LogP contribution >= 0.6 is 30.9 Å². The Balaban J connectivity index is 1.58. The zero-order valence-electron chi connectivity index (χ0n) is 27.0. The number of aromatic nitrogens is 1. The monoisotopic (exact) mass is 725 g/mol. The molecule has 1 aliphatic rings. The maximum atomic E-state index is 14.8. The molecule has 0 aliphatic carbocycles. The molecule has 2 heterocycles. The zero-order chi connectivity index (χ0) is 35.4. The maximum absolute atomic E-state index is 14.8. The molecule has 50 heavy (non-hydrogen) atoms. The number of hydrogen-bond donors (Lipinski definition) is 1. The number of nitro benzene ring substituents is 1. The molecule has 3 atom stereocenters. The van der Waals surface area contributed by atoms with Crippen molar-refractivity contribution in [1.82, 2.24) is 9.88 Å². The number of nitrogens with zero attached hydrogens (tertiary/aromatic N) is 3. The minimum atomic E-state index is -3.22. The van der Waals surface area contributed by atoms with Crippen LogP contribution in [-0.2, 0) is 30.5 Å². The minimum absolute atomic E-state index is 0.0951. The van der Waals surface area contributed by atoms with Gasteiger partial charge in [-0.05, 0) is 40.5 Å². The molecule has 0 saturated carbocycles. The Bertz CT molecular complexity index is 1990. The van der Waals surface area contributed by atoms with E-state index in [0.29, 0.717) is 11.3 Å². The first-order valence-corrected chi connectivity index (χ1v) is 18.8. The van der Waals surface area contributed by atoms with Gasteiger partial charge in [-0.2, -0.15) is 12.6 Å². The number of nitro groups is 1. The Morgan fingerprint density at radius 2 is 1.44 bits per heavy atom. The first-order chi connectivity index (χ1) is 24.1. The summed E-state index contributed by atoms with van der Waals surface area (Å²) in [5.74, 6) is -2.77. The van der Waals surface area contributed by atoms with Crippen molar-refractivity contribution in [3.63, 3.8) is 0 Å². The standard InChI is InChI=1S/C37H32N3O7PS2/c1-24-38-31(23-50-24)33(47-25(2)41)32-34(42)39(36(32)49)35(37(43)46-22-26-18-20-27(21-19-26)40(44)45)48(28-12-6-3-7-13-28,29-14-8-4-9-15-29)30-16-10-5-11-17-30/h3-21,23,32-33,36,49H,22H2,1-2H3. The van der Waals surface area contributed by atoms with Crippen LogP contribution in [0.3, 0.4) is 0 Å². The highest BCUT2D eigenvalue weighted by Crippen LogP contribution is 2.51. The van der Waals surface area contributed by atoms with E-state index in [9.17, 15) is 24.5 Å². The number of esters is 2. The van der Waals surface area contributed by atoms with E-state index in [4.69, 9.17) is 22.1 Å². The number of hydrogen-bond acceptors (Lipinski definition) is 10. The highest BCUT2D eigenvalue weighted by molar-refractivity contribution is 7.96. The van der Waals surface area contributed by atoms with Gasteiger partial charge in [0.1, 0.15) is 17.9 Å². The molecule has 1 aliphatic heterocycles. The number of thiazole rings is 1. The van der Waals surface area contributed by atoms with Gasteiger partial charge in [-0.1, -0.05) is 91.0 Å². The van der Waals surface area contributed by atoms with Crippen LogP contribution in [0, 0.1) is 23.0 Å². The van der Waals surface area contributed by atoms with Crippen LogP contribution in [0.15, 0.2) is 121 Å². The van der Waals surface area contributed by atoms with Crippen LogP contribution < -0.4 is 15.9 Å². The highest BCUT2D eigenvalue weighted by Gasteiger charge is 2.57.